The number of hydrogen-bond acceptors (Lipinski definition) is 8. The lowest BCUT2D eigenvalue weighted by molar-refractivity contribution is -0.132. The molecule has 1 aliphatic heterocycles. The fourth-order valence-corrected chi connectivity index (χ4v) is 5.96. The number of carbonyl (C=O) groups is 2. The highest BCUT2D eigenvalue weighted by atomic mass is 32.1. The van der Waals surface area contributed by atoms with Crippen molar-refractivity contribution in [2.45, 2.75) is 19.9 Å². The summed E-state index contributed by atoms with van der Waals surface area (Å²) in [5, 5.41) is 12.0. The third kappa shape index (κ3) is 4.00. The lowest BCUT2D eigenvalue weighted by atomic mass is 9.96. The molecule has 1 N–H and O–H groups in total. The van der Waals surface area contributed by atoms with Crippen LogP contribution >= 0.6 is 11.3 Å². The summed E-state index contributed by atoms with van der Waals surface area (Å²) >= 11 is 1.27. The van der Waals surface area contributed by atoms with E-state index in [1.807, 2.05) is 31.2 Å². The van der Waals surface area contributed by atoms with Crippen molar-refractivity contribution in [3.05, 3.63) is 89.4 Å². The van der Waals surface area contributed by atoms with E-state index in [4.69, 9.17) is 9.47 Å². The van der Waals surface area contributed by atoms with Crippen molar-refractivity contribution in [3.63, 3.8) is 0 Å². The zero-order chi connectivity index (χ0) is 27.3. The molecule has 3 aromatic heterocycles. The number of aliphatic hydroxyl groups excluding tert-OH is 1. The van der Waals surface area contributed by atoms with Gasteiger partial charge in [-0.15, -0.1) is 0 Å². The molecular formula is C29H24N4O5S. The zero-order valence-corrected chi connectivity index (χ0v) is 22.2. The number of nitrogens with zero attached hydrogens (tertiary/aromatic N) is 4. The van der Waals surface area contributed by atoms with Gasteiger partial charge in [-0.3, -0.25) is 18.9 Å². The van der Waals surface area contributed by atoms with Crippen LogP contribution in [0.1, 0.15) is 29.9 Å². The van der Waals surface area contributed by atoms with Gasteiger partial charge in [-0.05, 0) is 61.9 Å². The summed E-state index contributed by atoms with van der Waals surface area (Å²) in [6, 6.07) is 17.1. The topological polar surface area (TPSA) is 106 Å². The number of aryl methyl sites for hydroxylation is 1. The van der Waals surface area contributed by atoms with E-state index >= 15 is 0 Å². The highest BCUT2D eigenvalue weighted by Gasteiger charge is 2.48. The Balaban J connectivity index is 1.58. The van der Waals surface area contributed by atoms with Crippen LogP contribution in [0, 0.1) is 6.92 Å². The third-order valence-electron chi connectivity index (χ3n) is 6.65. The smallest absolute Gasteiger partial charge is 0.301 e. The minimum Gasteiger partial charge on any atom is -0.505 e. The number of benzene rings is 2. The van der Waals surface area contributed by atoms with Gasteiger partial charge >= 0.3 is 5.91 Å². The summed E-state index contributed by atoms with van der Waals surface area (Å²) in [5.74, 6) is -0.649. The first-order valence-corrected chi connectivity index (χ1v) is 13.1. The fraction of sp³-hybridized carbons (Fsp3) is 0.172. The number of amides is 1. The predicted octanol–water partition coefficient (Wildman–Crippen LogP) is 5.29. The van der Waals surface area contributed by atoms with Crippen LogP contribution in [0.2, 0.25) is 0 Å². The molecule has 0 spiro atoms. The Morgan fingerprint density at radius 3 is 2.69 bits per heavy atom. The van der Waals surface area contributed by atoms with E-state index in [1.54, 1.807) is 61.0 Å². The van der Waals surface area contributed by atoms with Crippen molar-refractivity contribution in [1.82, 2.24) is 14.4 Å². The first-order chi connectivity index (χ1) is 18.9. The number of hydrogen-bond donors (Lipinski definition) is 1. The molecule has 196 valence electrons. The number of aliphatic hydroxyl groups is 1. The molecular weight excluding hydrogens is 516 g/mol. The Labute approximate surface area is 227 Å². The van der Waals surface area contributed by atoms with Gasteiger partial charge in [0.25, 0.3) is 5.78 Å². The normalized spacial score (nSPS) is 16.9. The van der Waals surface area contributed by atoms with Gasteiger partial charge < -0.3 is 14.6 Å². The van der Waals surface area contributed by atoms with Gasteiger partial charge in [-0.2, -0.15) is 0 Å². The Morgan fingerprint density at radius 1 is 1.05 bits per heavy atom. The van der Waals surface area contributed by atoms with Crippen LogP contribution in [-0.2, 0) is 9.59 Å². The van der Waals surface area contributed by atoms with Gasteiger partial charge in [0.05, 0.1) is 41.2 Å². The standard InChI is InChI=1S/C29H24N4O5S/c1-4-38-19-11-12-20-21(15-19)39-29(31-20)33-25(17-8-7-9-18(14-17)37-3)23(27(35)28(33)36)26(34)24-16(2)30-22-10-5-6-13-32(22)24/h5-15,25,34H,4H2,1-3H3. The van der Waals surface area contributed by atoms with Crippen LogP contribution in [0.3, 0.4) is 0 Å². The highest BCUT2D eigenvalue weighted by Crippen LogP contribution is 2.45. The van der Waals surface area contributed by atoms with Gasteiger partial charge in [-0.1, -0.05) is 29.5 Å². The van der Waals surface area contributed by atoms with E-state index in [9.17, 15) is 14.7 Å². The van der Waals surface area contributed by atoms with Crippen LogP contribution in [0.4, 0.5) is 5.13 Å². The van der Waals surface area contributed by atoms with Crippen molar-refractivity contribution in [2.75, 3.05) is 18.6 Å². The van der Waals surface area contributed by atoms with Crippen molar-refractivity contribution in [2.24, 2.45) is 0 Å². The SMILES string of the molecule is CCOc1ccc2nc(N3C(=O)C(=O)C(=C(O)c4c(C)nc5ccccn45)C3c3cccc(OC)c3)sc2c1. The number of rotatable bonds is 6. The summed E-state index contributed by atoms with van der Waals surface area (Å²) in [4.78, 5) is 37.9. The maximum absolute atomic E-state index is 13.7. The average molecular weight is 541 g/mol. The Morgan fingerprint density at radius 2 is 1.90 bits per heavy atom. The Hall–Kier alpha value is -4.70. The maximum atomic E-state index is 13.7. The first-order valence-electron chi connectivity index (χ1n) is 12.3. The molecule has 2 aromatic carbocycles. The fourth-order valence-electron chi connectivity index (χ4n) is 4.94. The monoisotopic (exact) mass is 540 g/mol. The lowest BCUT2D eigenvalue weighted by Crippen LogP contribution is -2.29. The van der Waals surface area contributed by atoms with E-state index in [1.165, 1.54) is 16.2 Å². The molecule has 1 unspecified atom stereocenters. The summed E-state index contributed by atoms with van der Waals surface area (Å²) in [6.07, 6.45) is 1.75. The minimum atomic E-state index is -0.944. The molecule has 1 saturated heterocycles. The van der Waals surface area contributed by atoms with Gasteiger partial charge in [0.2, 0.25) is 0 Å². The molecule has 5 aromatic rings. The molecule has 1 fully saturated rings. The van der Waals surface area contributed by atoms with Crippen LogP contribution < -0.4 is 14.4 Å². The Kier molecular flexibility index (Phi) is 6.03. The number of anilines is 1. The highest BCUT2D eigenvalue weighted by molar-refractivity contribution is 7.22. The molecule has 1 amide bonds. The molecule has 9 nitrogen and oxygen atoms in total. The summed E-state index contributed by atoms with van der Waals surface area (Å²) in [5.41, 5.74) is 2.70. The number of aromatic nitrogens is 3. The first kappa shape index (κ1) is 24.6. The van der Waals surface area contributed by atoms with Crippen molar-refractivity contribution in [1.29, 1.82) is 0 Å². The van der Waals surface area contributed by atoms with Crippen LogP contribution in [-0.4, -0.2) is 44.9 Å². The molecule has 39 heavy (non-hydrogen) atoms. The summed E-state index contributed by atoms with van der Waals surface area (Å²) in [7, 11) is 1.54. The molecule has 6 rings (SSSR count). The molecule has 4 heterocycles. The minimum absolute atomic E-state index is 0.0451. The largest absolute Gasteiger partial charge is 0.505 e. The maximum Gasteiger partial charge on any atom is 0.301 e. The summed E-state index contributed by atoms with van der Waals surface area (Å²) in [6.45, 7) is 4.17. The van der Waals surface area contributed by atoms with Gasteiger partial charge in [-0.25, -0.2) is 9.97 Å². The van der Waals surface area contributed by atoms with Crippen molar-refractivity contribution >= 4 is 49.8 Å². The number of thiazole rings is 1. The summed E-state index contributed by atoms with van der Waals surface area (Å²) < 4.78 is 13.6. The quantitative estimate of drug-likeness (QED) is 0.177. The number of methoxy groups -OCH3 is 1. The predicted molar refractivity (Wildman–Crippen MR) is 148 cm³/mol. The van der Waals surface area contributed by atoms with E-state index in [0.717, 1.165) is 4.70 Å². The molecule has 10 heteroatoms. The van der Waals surface area contributed by atoms with E-state index in [0.29, 0.717) is 51.4 Å². The molecule has 1 aliphatic rings. The molecule has 1 atom stereocenters. The van der Waals surface area contributed by atoms with Crippen LogP contribution in [0.5, 0.6) is 11.5 Å². The molecule has 0 saturated carbocycles. The second-order valence-electron chi connectivity index (χ2n) is 8.98. The molecule has 0 bridgehead atoms. The number of fused-ring (bicyclic) bond motifs is 2. The number of imidazole rings is 1. The average Bonchev–Trinajstić information content (AvgIpc) is 3.59. The van der Waals surface area contributed by atoms with Crippen molar-refractivity contribution in [3.8, 4) is 11.5 Å². The molecule has 0 aliphatic carbocycles. The Bertz CT molecular complexity index is 1800. The molecule has 0 radical (unpaired) electrons. The number of Topliss-reactive ketones (excluding diaryl/α,β-unsaturated/α-hetero) is 1. The van der Waals surface area contributed by atoms with E-state index in [-0.39, 0.29) is 11.3 Å². The zero-order valence-electron chi connectivity index (χ0n) is 21.4. The van der Waals surface area contributed by atoms with Crippen LogP contribution in [0.25, 0.3) is 21.6 Å². The van der Waals surface area contributed by atoms with Crippen LogP contribution in [0.15, 0.2) is 72.4 Å². The lowest BCUT2D eigenvalue weighted by Gasteiger charge is -2.23. The van der Waals surface area contributed by atoms with Gasteiger partial charge in [0.1, 0.15) is 22.8 Å². The third-order valence-corrected chi connectivity index (χ3v) is 7.67. The number of ketones is 1. The second kappa shape index (κ2) is 9.55. The number of pyridine rings is 1. The van der Waals surface area contributed by atoms with Gasteiger partial charge in [0, 0.05) is 6.20 Å². The number of ether oxygens (including phenoxy) is 2. The van der Waals surface area contributed by atoms with Gasteiger partial charge in [0.15, 0.2) is 10.9 Å². The van der Waals surface area contributed by atoms with Crippen molar-refractivity contribution < 1.29 is 24.2 Å². The van der Waals surface area contributed by atoms with E-state index < -0.39 is 17.7 Å². The number of carbonyl (C=O) groups excluding carboxylic acids is 2. The second-order valence-corrected chi connectivity index (χ2v) is 9.99. The van der Waals surface area contributed by atoms with E-state index in [2.05, 4.69) is 9.97 Å².